The van der Waals surface area contributed by atoms with Gasteiger partial charge in [-0.15, -0.1) is 0 Å². The molecule has 0 aliphatic heterocycles. The van der Waals surface area contributed by atoms with Crippen molar-refractivity contribution in [2.75, 3.05) is 0 Å². The molecular formula is C29H43N. The maximum absolute atomic E-state index is 2.48. The molecule has 0 saturated heterocycles. The Bertz CT molecular complexity index is 1020. The molecule has 3 aromatic rings. The molecule has 0 aliphatic rings. The van der Waals surface area contributed by atoms with Gasteiger partial charge in [0.05, 0.1) is 11.0 Å². The highest BCUT2D eigenvalue weighted by Gasteiger charge is 2.29. The average Bonchev–Trinajstić information content (AvgIpc) is 2.83. The van der Waals surface area contributed by atoms with Gasteiger partial charge in [0.25, 0.3) is 0 Å². The van der Waals surface area contributed by atoms with Crippen molar-refractivity contribution >= 4 is 21.8 Å². The summed E-state index contributed by atoms with van der Waals surface area (Å²) in [6, 6.07) is 9.85. The lowest BCUT2D eigenvalue weighted by molar-refractivity contribution is 0.570. The average molecular weight is 406 g/mol. The van der Waals surface area contributed by atoms with Crippen LogP contribution >= 0.6 is 0 Å². The van der Waals surface area contributed by atoms with E-state index in [0.717, 1.165) is 0 Å². The highest BCUT2D eigenvalue weighted by molar-refractivity contribution is 6.11. The summed E-state index contributed by atoms with van der Waals surface area (Å²) in [4.78, 5) is 0. The van der Waals surface area contributed by atoms with Crippen LogP contribution in [0.5, 0.6) is 0 Å². The Hall–Kier alpha value is -1.76. The zero-order valence-corrected chi connectivity index (χ0v) is 21.8. The van der Waals surface area contributed by atoms with Crippen molar-refractivity contribution in [3.05, 3.63) is 46.5 Å². The third kappa shape index (κ3) is 3.81. The first-order valence-corrected chi connectivity index (χ1v) is 11.5. The van der Waals surface area contributed by atoms with E-state index in [1.54, 1.807) is 0 Å². The lowest BCUT2D eigenvalue weighted by atomic mass is 9.78. The van der Waals surface area contributed by atoms with E-state index in [0.29, 0.717) is 0 Å². The minimum atomic E-state index is 0.0798. The second kappa shape index (κ2) is 6.62. The van der Waals surface area contributed by atoms with Gasteiger partial charge in [-0.1, -0.05) is 95.2 Å². The van der Waals surface area contributed by atoms with Crippen molar-refractivity contribution in [3.8, 4) is 0 Å². The summed E-state index contributed by atoms with van der Waals surface area (Å²) in [5, 5.41) is 2.81. The number of fused-ring (bicyclic) bond motifs is 3. The van der Waals surface area contributed by atoms with Crippen molar-refractivity contribution in [3.63, 3.8) is 0 Å². The molecule has 0 amide bonds. The number of hydrogen-bond donors (Lipinski definition) is 0. The fourth-order valence-corrected chi connectivity index (χ4v) is 4.52. The van der Waals surface area contributed by atoms with Crippen LogP contribution < -0.4 is 0 Å². The van der Waals surface area contributed by atoms with Crippen LogP contribution in [0.1, 0.15) is 105 Å². The van der Waals surface area contributed by atoms with E-state index < -0.39 is 0 Å². The second-order valence-electron chi connectivity index (χ2n) is 13.4. The van der Waals surface area contributed by atoms with Gasteiger partial charge in [-0.25, -0.2) is 0 Å². The quantitative estimate of drug-likeness (QED) is 0.353. The Labute approximate surface area is 184 Å². The number of benzene rings is 2. The van der Waals surface area contributed by atoms with Crippen LogP contribution in [0.3, 0.4) is 0 Å². The number of rotatable bonds is 0. The Morgan fingerprint density at radius 2 is 0.767 bits per heavy atom. The van der Waals surface area contributed by atoms with E-state index in [1.165, 1.54) is 44.1 Å². The van der Waals surface area contributed by atoms with Crippen LogP contribution in [0.25, 0.3) is 21.8 Å². The number of nitrogens with zero attached hydrogens (tertiary/aromatic N) is 1. The lowest BCUT2D eigenvalue weighted by Crippen LogP contribution is -2.18. The minimum Gasteiger partial charge on any atom is -0.343 e. The van der Waals surface area contributed by atoms with Gasteiger partial charge in [-0.2, -0.15) is 0 Å². The molecule has 0 spiro atoms. The molecule has 0 aliphatic carbocycles. The highest BCUT2D eigenvalue weighted by Crippen LogP contribution is 2.43. The van der Waals surface area contributed by atoms with E-state index >= 15 is 0 Å². The molecule has 1 heterocycles. The van der Waals surface area contributed by atoms with Crippen LogP contribution in [0.4, 0.5) is 0 Å². The van der Waals surface area contributed by atoms with Gasteiger partial charge in [-0.3, -0.25) is 0 Å². The second-order valence-corrected chi connectivity index (χ2v) is 13.4. The predicted molar refractivity (Wildman–Crippen MR) is 135 cm³/mol. The van der Waals surface area contributed by atoms with Crippen LogP contribution in [-0.2, 0) is 28.7 Å². The summed E-state index contributed by atoms with van der Waals surface area (Å²) in [7, 11) is 2.27. The molecule has 1 aromatic heterocycles. The summed E-state index contributed by atoms with van der Waals surface area (Å²) in [5.74, 6) is 0. The Kier molecular flexibility index (Phi) is 5.05. The van der Waals surface area contributed by atoms with Crippen molar-refractivity contribution in [1.82, 2.24) is 4.57 Å². The van der Waals surface area contributed by atoms with E-state index in [1.807, 2.05) is 0 Å². The maximum atomic E-state index is 2.48. The fraction of sp³-hybridized carbons (Fsp3) is 0.586. The van der Waals surface area contributed by atoms with Gasteiger partial charge in [0, 0.05) is 17.8 Å². The van der Waals surface area contributed by atoms with Gasteiger partial charge in [-0.05, 0) is 56.0 Å². The third-order valence-corrected chi connectivity index (χ3v) is 6.53. The molecule has 0 saturated carbocycles. The van der Waals surface area contributed by atoms with Crippen LogP contribution in [-0.4, -0.2) is 4.57 Å². The van der Waals surface area contributed by atoms with Crippen molar-refractivity contribution in [1.29, 1.82) is 0 Å². The zero-order chi connectivity index (χ0) is 23.0. The van der Waals surface area contributed by atoms with E-state index in [4.69, 9.17) is 0 Å². The topological polar surface area (TPSA) is 4.93 Å². The van der Waals surface area contributed by atoms with E-state index in [2.05, 4.69) is 119 Å². The van der Waals surface area contributed by atoms with Crippen LogP contribution in [0.15, 0.2) is 24.3 Å². The Morgan fingerprint density at radius 3 is 1.00 bits per heavy atom. The van der Waals surface area contributed by atoms with Crippen LogP contribution in [0, 0.1) is 0 Å². The van der Waals surface area contributed by atoms with E-state index in [-0.39, 0.29) is 21.7 Å². The van der Waals surface area contributed by atoms with Crippen LogP contribution in [0.2, 0.25) is 0 Å². The van der Waals surface area contributed by atoms with Gasteiger partial charge in [0.15, 0.2) is 0 Å². The van der Waals surface area contributed by atoms with Crippen molar-refractivity contribution < 1.29 is 0 Å². The lowest BCUT2D eigenvalue weighted by Gasteiger charge is -2.27. The first kappa shape index (κ1) is 22.9. The fourth-order valence-electron chi connectivity index (χ4n) is 4.52. The van der Waals surface area contributed by atoms with Gasteiger partial charge >= 0.3 is 0 Å². The molecule has 0 radical (unpaired) electrons. The standard InChI is InChI=1S/C29H43N/c1-26(2,3)18-14-20-21-15-19(27(4,5)6)17-23(29(10,11)12)25(21)30(13)24(20)22(16-18)28(7,8)9/h14-17H,1-13H3. The molecule has 0 atom stereocenters. The summed E-state index contributed by atoms with van der Waals surface area (Å²) >= 11 is 0. The number of aromatic nitrogens is 1. The minimum absolute atomic E-state index is 0.0798. The third-order valence-electron chi connectivity index (χ3n) is 6.53. The molecule has 30 heavy (non-hydrogen) atoms. The molecule has 2 aromatic carbocycles. The summed E-state index contributed by atoms with van der Waals surface area (Å²) < 4.78 is 2.48. The predicted octanol–water partition coefficient (Wildman–Crippen LogP) is 8.52. The first-order chi connectivity index (χ1) is 13.3. The number of hydrogen-bond acceptors (Lipinski definition) is 0. The molecule has 3 rings (SSSR count). The Balaban J connectivity index is 2.66. The molecule has 0 bridgehead atoms. The first-order valence-electron chi connectivity index (χ1n) is 11.5. The summed E-state index contributed by atoms with van der Waals surface area (Å²) in [6.07, 6.45) is 0. The monoisotopic (exact) mass is 405 g/mol. The van der Waals surface area contributed by atoms with Crippen molar-refractivity contribution in [2.24, 2.45) is 7.05 Å². The largest absolute Gasteiger partial charge is 0.343 e. The maximum Gasteiger partial charge on any atom is 0.0526 e. The summed E-state index contributed by atoms with van der Waals surface area (Å²) in [6.45, 7) is 28.0. The molecule has 1 heteroatoms. The highest BCUT2D eigenvalue weighted by atomic mass is 14.9. The molecular weight excluding hydrogens is 362 g/mol. The molecule has 0 N–H and O–H groups in total. The van der Waals surface area contributed by atoms with Gasteiger partial charge < -0.3 is 4.57 Å². The van der Waals surface area contributed by atoms with Gasteiger partial charge in [0.2, 0.25) is 0 Å². The molecule has 0 fully saturated rings. The smallest absolute Gasteiger partial charge is 0.0526 e. The normalized spacial score (nSPS) is 14.2. The molecule has 164 valence electrons. The van der Waals surface area contributed by atoms with E-state index in [9.17, 15) is 0 Å². The zero-order valence-electron chi connectivity index (χ0n) is 21.8. The molecule has 0 unspecified atom stereocenters. The SMILES string of the molecule is Cn1c2c(C(C)(C)C)cc(C(C)(C)C)cc2c2cc(C(C)(C)C)cc(C(C)(C)C)c21. The summed E-state index contributed by atoms with van der Waals surface area (Å²) in [5.41, 5.74) is 8.91. The number of aryl methyl sites for hydroxylation is 1. The molecule has 1 nitrogen and oxygen atoms in total. The van der Waals surface area contributed by atoms with Gasteiger partial charge in [0.1, 0.15) is 0 Å². The van der Waals surface area contributed by atoms with Crippen molar-refractivity contribution in [2.45, 2.75) is 105 Å². The Morgan fingerprint density at radius 1 is 0.467 bits per heavy atom.